The maximum absolute atomic E-state index is 12.2. The third kappa shape index (κ3) is 5.98. The molecular weight excluding hydrogens is 425 g/mol. The standard InChI is InChI=1S/C18H17Cl2N3O4S/c1-10(27-15-8-7-11(19)9-13(15)20)16(24)22-23-18(28)21-17(25)12-5-3-4-6-14(12)26-2/h3-10H,1-2H3,(H,22,24)(H2,21,23,25,28)/t10-/m1/s1. The van der Waals surface area contributed by atoms with Crippen molar-refractivity contribution in [3.05, 3.63) is 58.1 Å². The number of halogens is 2. The highest BCUT2D eigenvalue weighted by Gasteiger charge is 2.17. The molecule has 0 bridgehead atoms. The minimum atomic E-state index is -0.890. The number of carbonyl (C=O) groups excluding carboxylic acids is 2. The summed E-state index contributed by atoms with van der Waals surface area (Å²) in [5.41, 5.74) is 5.09. The van der Waals surface area contributed by atoms with Gasteiger partial charge in [0, 0.05) is 5.02 Å². The Morgan fingerprint density at radius 3 is 2.46 bits per heavy atom. The van der Waals surface area contributed by atoms with Gasteiger partial charge in [0.15, 0.2) is 11.2 Å². The Labute approximate surface area is 177 Å². The van der Waals surface area contributed by atoms with Gasteiger partial charge in [0.25, 0.3) is 11.8 Å². The van der Waals surface area contributed by atoms with Gasteiger partial charge in [-0.15, -0.1) is 0 Å². The average molecular weight is 442 g/mol. The molecule has 0 fully saturated rings. The largest absolute Gasteiger partial charge is 0.496 e. The molecule has 3 N–H and O–H groups in total. The molecule has 0 aliphatic carbocycles. The zero-order chi connectivity index (χ0) is 20.7. The van der Waals surface area contributed by atoms with Gasteiger partial charge in [-0.1, -0.05) is 35.3 Å². The molecule has 2 aromatic carbocycles. The number of hydrazine groups is 1. The minimum absolute atomic E-state index is 0.0963. The van der Waals surface area contributed by atoms with Crippen molar-refractivity contribution in [1.82, 2.24) is 16.2 Å². The second-order valence-corrected chi connectivity index (χ2v) is 6.68. The first-order chi connectivity index (χ1) is 13.3. The van der Waals surface area contributed by atoms with Gasteiger partial charge < -0.3 is 9.47 Å². The van der Waals surface area contributed by atoms with Crippen LogP contribution in [0, 0.1) is 0 Å². The summed E-state index contributed by atoms with van der Waals surface area (Å²) < 4.78 is 10.6. The van der Waals surface area contributed by atoms with E-state index < -0.39 is 17.9 Å². The van der Waals surface area contributed by atoms with Crippen molar-refractivity contribution in [3.63, 3.8) is 0 Å². The molecule has 0 unspecified atom stereocenters. The van der Waals surface area contributed by atoms with Crippen molar-refractivity contribution < 1.29 is 19.1 Å². The fourth-order valence-corrected chi connectivity index (χ4v) is 2.67. The van der Waals surface area contributed by atoms with Gasteiger partial charge in [0.2, 0.25) is 0 Å². The molecule has 10 heteroatoms. The lowest BCUT2D eigenvalue weighted by atomic mass is 10.2. The molecule has 0 radical (unpaired) electrons. The maximum atomic E-state index is 12.2. The van der Waals surface area contributed by atoms with E-state index in [1.54, 1.807) is 36.4 Å². The van der Waals surface area contributed by atoms with E-state index in [-0.39, 0.29) is 10.1 Å². The number of rotatable bonds is 5. The molecule has 1 atom stereocenters. The summed E-state index contributed by atoms with van der Waals surface area (Å²) in [6.07, 6.45) is -0.890. The lowest BCUT2D eigenvalue weighted by Gasteiger charge is -2.17. The van der Waals surface area contributed by atoms with E-state index in [1.165, 1.54) is 20.1 Å². The molecule has 0 saturated carbocycles. The van der Waals surface area contributed by atoms with Crippen LogP contribution in [0.2, 0.25) is 10.0 Å². The summed E-state index contributed by atoms with van der Waals surface area (Å²) in [4.78, 5) is 24.4. The number of carbonyl (C=O) groups is 2. The monoisotopic (exact) mass is 441 g/mol. The summed E-state index contributed by atoms with van der Waals surface area (Å²) >= 11 is 16.8. The quantitative estimate of drug-likeness (QED) is 0.487. The number of methoxy groups -OCH3 is 1. The highest BCUT2D eigenvalue weighted by molar-refractivity contribution is 7.80. The highest BCUT2D eigenvalue weighted by atomic mass is 35.5. The molecule has 28 heavy (non-hydrogen) atoms. The Bertz CT molecular complexity index is 895. The van der Waals surface area contributed by atoms with E-state index in [2.05, 4.69) is 16.2 Å². The van der Waals surface area contributed by atoms with Gasteiger partial charge >= 0.3 is 0 Å². The van der Waals surface area contributed by atoms with Gasteiger partial charge in [0.05, 0.1) is 17.7 Å². The van der Waals surface area contributed by atoms with Crippen LogP contribution in [-0.2, 0) is 4.79 Å². The van der Waals surface area contributed by atoms with E-state index in [1.807, 2.05) is 0 Å². The normalized spacial score (nSPS) is 11.1. The second kappa shape index (κ2) is 10.1. The molecule has 0 aliphatic rings. The number of nitrogens with one attached hydrogen (secondary N) is 3. The number of ether oxygens (including phenoxy) is 2. The Morgan fingerprint density at radius 2 is 1.79 bits per heavy atom. The van der Waals surface area contributed by atoms with Crippen molar-refractivity contribution in [1.29, 1.82) is 0 Å². The molecule has 7 nitrogen and oxygen atoms in total. The summed E-state index contributed by atoms with van der Waals surface area (Å²) in [6.45, 7) is 1.53. The zero-order valence-electron chi connectivity index (χ0n) is 14.9. The first-order valence-electron chi connectivity index (χ1n) is 7.97. The molecular formula is C18H17Cl2N3O4S. The molecule has 0 aromatic heterocycles. The third-order valence-corrected chi connectivity index (χ3v) is 4.18. The highest BCUT2D eigenvalue weighted by Crippen LogP contribution is 2.28. The number of amides is 2. The Morgan fingerprint density at radius 1 is 1.07 bits per heavy atom. The van der Waals surface area contributed by atoms with Crippen molar-refractivity contribution in [2.24, 2.45) is 0 Å². The minimum Gasteiger partial charge on any atom is -0.496 e. The first-order valence-corrected chi connectivity index (χ1v) is 9.14. The smallest absolute Gasteiger partial charge is 0.279 e. The number of para-hydroxylation sites is 1. The van der Waals surface area contributed by atoms with Crippen LogP contribution in [0.5, 0.6) is 11.5 Å². The van der Waals surface area contributed by atoms with Crippen LogP contribution in [0.1, 0.15) is 17.3 Å². The number of benzene rings is 2. The topological polar surface area (TPSA) is 88.7 Å². The molecule has 0 aliphatic heterocycles. The van der Waals surface area contributed by atoms with Crippen LogP contribution < -0.4 is 25.6 Å². The van der Waals surface area contributed by atoms with E-state index >= 15 is 0 Å². The van der Waals surface area contributed by atoms with Crippen LogP contribution in [0.3, 0.4) is 0 Å². The molecule has 0 spiro atoms. The number of hydrogen-bond acceptors (Lipinski definition) is 5. The average Bonchev–Trinajstić information content (AvgIpc) is 2.68. The second-order valence-electron chi connectivity index (χ2n) is 5.43. The Hall–Kier alpha value is -2.55. The van der Waals surface area contributed by atoms with Crippen LogP contribution in [-0.4, -0.2) is 30.1 Å². The molecule has 0 saturated heterocycles. The van der Waals surface area contributed by atoms with Crippen molar-refractivity contribution >= 4 is 52.3 Å². The van der Waals surface area contributed by atoms with Gasteiger partial charge in [-0.25, -0.2) is 0 Å². The summed E-state index contributed by atoms with van der Waals surface area (Å²) in [6, 6.07) is 11.3. The molecule has 2 rings (SSSR count). The predicted molar refractivity (Wildman–Crippen MR) is 111 cm³/mol. The van der Waals surface area contributed by atoms with E-state index in [0.29, 0.717) is 22.1 Å². The van der Waals surface area contributed by atoms with Gasteiger partial charge in [-0.2, -0.15) is 0 Å². The first kappa shape index (κ1) is 21.7. The lowest BCUT2D eigenvalue weighted by molar-refractivity contribution is -0.127. The summed E-state index contributed by atoms with van der Waals surface area (Å²) in [7, 11) is 1.46. The lowest BCUT2D eigenvalue weighted by Crippen LogP contribution is -2.51. The van der Waals surface area contributed by atoms with E-state index in [9.17, 15) is 9.59 Å². The Kier molecular flexibility index (Phi) is 7.86. The zero-order valence-corrected chi connectivity index (χ0v) is 17.2. The SMILES string of the molecule is COc1ccccc1C(=O)NC(=S)NNC(=O)[C@@H](C)Oc1ccc(Cl)cc1Cl. The number of thiocarbonyl (C=S) groups is 1. The van der Waals surface area contributed by atoms with Gasteiger partial charge in [-0.3, -0.25) is 25.8 Å². The Balaban J connectivity index is 1.86. The van der Waals surface area contributed by atoms with Crippen molar-refractivity contribution in [2.45, 2.75) is 13.0 Å². The van der Waals surface area contributed by atoms with Crippen molar-refractivity contribution in [2.75, 3.05) is 7.11 Å². The van der Waals surface area contributed by atoms with Crippen LogP contribution in [0.4, 0.5) is 0 Å². The van der Waals surface area contributed by atoms with E-state index in [4.69, 9.17) is 44.9 Å². The molecule has 0 heterocycles. The van der Waals surface area contributed by atoms with Crippen LogP contribution >= 0.6 is 35.4 Å². The van der Waals surface area contributed by atoms with Crippen molar-refractivity contribution in [3.8, 4) is 11.5 Å². The fraction of sp³-hybridized carbons (Fsp3) is 0.167. The maximum Gasteiger partial charge on any atom is 0.279 e. The van der Waals surface area contributed by atoms with Gasteiger partial charge in [-0.05, 0) is 49.5 Å². The van der Waals surface area contributed by atoms with Crippen LogP contribution in [0.15, 0.2) is 42.5 Å². The van der Waals surface area contributed by atoms with Gasteiger partial charge in [0.1, 0.15) is 11.5 Å². The molecule has 2 amide bonds. The fourth-order valence-electron chi connectivity index (χ4n) is 2.07. The third-order valence-electron chi connectivity index (χ3n) is 3.44. The van der Waals surface area contributed by atoms with Crippen LogP contribution in [0.25, 0.3) is 0 Å². The summed E-state index contributed by atoms with van der Waals surface area (Å²) in [5, 5.41) is 3.07. The summed E-state index contributed by atoms with van der Waals surface area (Å²) in [5.74, 6) is -0.309. The molecule has 148 valence electrons. The number of hydrogen-bond donors (Lipinski definition) is 3. The predicted octanol–water partition coefficient (Wildman–Crippen LogP) is 3.11. The van der Waals surface area contributed by atoms with E-state index in [0.717, 1.165) is 0 Å². The molecule has 2 aromatic rings.